The van der Waals surface area contributed by atoms with Gasteiger partial charge in [0, 0.05) is 43.3 Å². The van der Waals surface area contributed by atoms with Crippen molar-refractivity contribution in [2.75, 3.05) is 47.5 Å². The Morgan fingerprint density at radius 2 is 1.34 bits per heavy atom. The standard InChI is InChI=1S/C34H36N2O9S2/c37-33(38)23-7-8-26(29(18-23)34(39)40)32-27-16-21-5-1-9-35(11-3-13-46(41)42)30(21)19-24(27)15-25-20-31-22(17-28(25)32)6-2-10-36(31)12-4-14-47(43,44)45/h7-8,15-20,46H,1-6,9-14H2,(H,37,38)(H,39,40)(H,43,44,45). The number of carboxylic acid groups (broad SMARTS) is 2. The van der Waals surface area contributed by atoms with E-state index in [1.165, 1.54) is 12.1 Å². The highest BCUT2D eigenvalue weighted by Crippen LogP contribution is 2.44. The Hall–Kier alpha value is -4.20. The summed E-state index contributed by atoms with van der Waals surface area (Å²) in [6, 6.07) is 14.5. The molecule has 13 heteroatoms. The number of nitrogens with zero attached hydrogens (tertiary/aromatic N) is 2. The second kappa shape index (κ2) is 13.1. The van der Waals surface area contributed by atoms with Crippen LogP contribution in [0.4, 0.5) is 11.4 Å². The quantitative estimate of drug-likeness (QED) is 0.0971. The molecule has 248 valence electrons. The summed E-state index contributed by atoms with van der Waals surface area (Å²) in [4.78, 5) is 28.7. The van der Waals surface area contributed by atoms with Gasteiger partial charge in [-0.2, -0.15) is 8.42 Å². The van der Waals surface area contributed by atoms with Crippen LogP contribution >= 0.6 is 0 Å². The van der Waals surface area contributed by atoms with Crippen molar-refractivity contribution in [1.29, 1.82) is 0 Å². The molecule has 0 amide bonds. The van der Waals surface area contributed by atoms with Crippen molar-refractivity contribution < 1.29 is 41.2 Å². The first-order chi connectivity index (χ1) is 22.4. The number of benzene rings is 4. The lowest BCUT2D eigenvalue weighted by Crippen LogP contribution is -2.31. The molecule has 11 nitrogen and oxygen atoms in total. The molecule has 0 saturated heterocycles. The highest BCUT2D eigenvalue weighted by atomic mass is 32.2. The van der Waals surface area contributed by atoms with Crippen molar-refractivity contribution >= 4 is 65.7 Å². The van der Waals surface area contributed by atoms with Crippen LogP contribution in [-0.2, 0) is 33.7 Å². The average molecular weight is 681 g/mol. The number of carboxylic acids is 2. The molecule has 0 unspecified atom stereocenters. The van der Waals surface area contributed by atoms with E-state index in [1.54, 1.807) is 6.07 Å². The van der Waals surface area contributed by atoms with Gasteiger partial charge >= 0.3 is 11.9 Å². The van der Waals surface area contributed by atoms with Gasteiger partial charge in [-0.1, -0.05) is 6.07 Å². The van der Waals surface area contributed by atoms with Gasteiger partial charge in [0.1, 0.15) is 10.7 Å². The van der Waals surface area contributed by atoms with Crippen molar-refractivity contribution in [3.63, 3.8) is 0 Å². The van der Waals surface area contributed by atoms with E-state index in [4.69, 9.17) is 0 Å². The number of fused-ring (bicyclic) bond motifs is 4. The Bertz CT molecular complexity index is 2100. The molecular weight excluding hydrogens is 645 g/mol. The van der Waals surface area contributed by atoms with Gasteiger partial charge in [0.05, 0.1) is 16.9 Å². The zero-order chi connectivity index (χ0) is 33.5. The Kier molecular flexibility index (Phi) is 9.14. The summed E-state index contributed by atoms with van der Waals surface area (Å²) in [6.07, 6.45) is 4.08. The average Bonchev–Trinajstić information content (AvgIpc) is 3.01. The third-order valence-corrected chi connectivity index (χ3v) is 10.6. The van der Waals surface area contributed by atoms with E-state index in [0.717, 1.165) is 82.8 Å². The summed E-state index contributed by atoms with van der Waals surface area (Å²) in [5.74, 6) is -2.68. The molecule has 0 bridgehead atoms. The first kappa shape index (κ1) is 32.7. The number of hydrogen-bond donors (Lipinski definition) is 4. The Labute approximate surface area is 274 Å². The monoisotopic (exact) mass is 680 g/mol. The Morgan fingerprint density at radius 1 is 0.766 bits per heavy atom. The molecule has 0 fully saturated rings. The third-order valence-electron chi connectivity index (χ3n) is 9.15. The highest BCUT2D eigenvalue weighted by molar-refractivity contribution is 7.85. The Morgan fingerprint density at radius 3 is 1.85 bits per heavy atom. The van der Waals surface area contributed by atoms with E-state index >= 15 is 0 Å². The van der Waals surface area contributed by atoms with Gasteiger partial charge in [-0.25, -0.2) is 18.0 Å². The van der Waals surface area contributed by atoms with E-state index in [-0.39, 0.29) is 29.1 Å². The topological polar surface area (TPSA) is 170 Å². The molecule has 2 heterocycles. The second-order valence-electron chi connectivity index (χ2n) is 12.3. The Balaban J connectivity index is 1.58. The van der Waals surface area contributed by atoms with Crippen molar-refractivity contribution in [1.82, 2.24) is 0 Å². The third kappa shape index (κ3) is 6.92. The van der Waals surface area contributed by atoms with Gasteiger partial charge in [0.25, 0.3) is 10.1 Å². The lowest BCUT2D eigenvalue weighted by Gasteiger charge is -2.33. The van der Waals surface area contributed by atoms with E-state index in [0.29, 0.717) is 30.6 Å². The SMILES string of the molecule is O=C(O)c1ccc(-c2c3cc4c(cc3cc3cc5c(cc23)CCCN5CCCS(=O)(=O)O)N(CCC[SH](=O)=O)CCC4)c(C(=O)O)c1. The highest BCUT2D eigenvalue weighted by Gasteiger charge is 2.25. The fraction of sp³-hybridized carbons (Fsp3) is 0.353. The molecule has 0 atom stereocenters. The molecule has 0 radical (unpaired) electrons. The summed E-state index contributed by atoms with van der Waals surface area (Å²) in [6.45, 7) is 2.55. The number of rotatable bonds is 11. The summed E-state index contributed by atoms with van der Waals surface area (Å²) in [5, 5.41) is 23.3. The molecular formula is C34H36N2O9S2. The van der Waals surface area contributed by atoms with Crippen LogP contribution in [-0.4, -0.2) is 81.2 Å². The zero-order valence-corrected chi connectivity index (χ0v) is 27.4. The largest absolute Gasteiger partial charge is 0.478 e. The second-order valence-corrected chi connectivity index (χ2v) is 14.9. The molecule has 0 saturated carbocycles. The fourth-order valence-electron chi connectivity index (χ4n) is 7.09. The molecule has 3 N–H and O–H groups in total. The minimum absolute atomic E-state index is 0.111. The summed E-state index contributed by atoms with van der Waals surface area (Å²) in [7, 11) is -6.55. The van der Waals surface area contributed by atoms with Crippen LogP contribution in [0, 0.1) is 0 Å². The number of hydrogen-bond acceptors (Lipinski definition) is 8. The van der Waals surface area contributed by atoms with Crippen LogP contribution in [0.15, 0.2) is 48.5 Å². The number of aromatic carboxylic acids is 2. The lowest BCUT2D eigenvalue weighted by atomic mass is 9.85. The van der Waals surface area contributed by atoms with Gasteiger partial charge in [0.15, 0.2) is 0 Å². The summed E-state index contributed by atoms with van der Waals surface area (Å²) >= 11 is 0. The molecule has 0 spiro atoms. The first-order valence-corrected chi connectivity index (χ1v) is 18.6. The van der Waals surface area contributed by atoms with Gasteiger partial charge in [0.2, 0.25) is 0 Å². The van der Waals surface area contributed by atoms with Gasteiger partial charge in [-0.15, -0.1) is 0 Å². The van der Waals surface area contributed by atoms with Crippen molar-refractivity contribution in [3.8, 4) is 11.1 Å². The molecule has 2 aliphatic rings. The van der Waals surface area contributed by atoms with Crippen LogP contribution < -0.4 is 9.80 Å². The van der Waals surface area contributed by atoms with Crippen molar-refractivity contribution in [2.45, 2.75) is 38.5 Å². The minimum Gasteiger partial charge on any atom is -0.478 e. The minimum atomic E-state index is -4.09. The van der Waals surface area contributed by atoms with Crippen molar-refractivity contribution in [3.05, 3.63) is 70.8 Å². The van der Waals surface area contributed by atoms with Gasteiger partial charge < -0.3 is 20.0 Å². The molecule has 0 aliphatic carbocycles. The van der Waals surface area contributed by atoms with E-state index in [9.17, 15) is 41.2 Å². The van der Waals surface area contributed by atoms with E-state index in [2.05, 4.69) is 34.1 Å². The molecule has 6 rings (SSSR count). The maximum absolute atomic E-state index is 12.6. The fourth-order valence-corrected chi connectivity index (χ4v) is 7.98. The van der Waals surface area contributed by atoms with Crippen molar-refractivity contribution in [2.24, 2.45) is 0 Å². The van der Waals surface area contributed by atoms with Crippen LogP contribution in [0.25, 0.3) is 32.7 Å². The first-order valence-electron chi connectivity index (χ1n) is 15.6. The summed E-state index contributed by atoms with van der Waals surface area (Å²) < 4.78 is 54.4. The van der Waals surface area contributed by atoms with E-state index < -0.39 is 32.8 Å². The number of aryl methyl sites for hydroxylation is 2. The van der Waals surface area contributed by atoms with Gasteiger partial charge in [-0.3, -0.25) is 4.55 Å². The molecule has 4 aromatic carbocycles. The number of thiol groups is 1. The predicted molar refractivity (Wildman–Crippen MR) is 183 cm³/mol. The maximum atomic E-state index is 12.6. The predicted octanol–water partition coefficient (Wildman–Crippen LogP) is 4.84. The van der Waals surface area contributed by atoms with Crippen LogP contribution in [0.5, 0.6) is 0 Å². The lowest BCUT2D eigenvalue weighted by molar-refractivity contribution is 0.0696. The molecule has 4 aromatic rings. The molecule has 47 heavy (non-hydrogen) atoms. The molecule has 0 aromatic heterocycles. The number of carbonyl (C=O) groups is 2. The zero-order valence-electron chi connectivity index (χ0n) is 25.6. The van der Waals surface area contributed by atoms with E-state index in [1.807, 2.05) is 6.07 Å². The molecule has 2 aliphatic heterocycles. The smallest absolute Gasteiger partial charge is 0.336 e. The normalized spacial score (nSPS) is 14.9. The summed E-state index contributed by atoms with van der Waals surface area (Å²) in [5.41, 5.74) is 4.95. The van der Waals surface area contributed by atoms with Crippen LogP contribution in [0.2, 0.25) is 0 Å². The van der Waals surface area contributed by atoms with Crippen LogP contribution in [0.1, 0.15) is 57.5 Å². The van der Waals surface area contributed by atoms with Crippen LogP contribution in [0.3, 0.4) is 0 Å². The maximum Gasteiger partial charge on any atom is 0.336 e. The number of anilines is 2. The van der Waals surface area contributed by atoms with Gasteiger partial charge in [-0.05, 0) is 125 Å².